The maximum Gasteiger partial charge on any atom is 0.317 e. The number of rotatable bonds is 5. The van der Waals surface area contributed by atoms with Crippen molar-refractivity contribution in [2.45, 2.75) is 71.8 Å². The summed E-state index contributed by atoms with van der Waals surface area (Å²) in [4.78, 5) is 12.2. The predicted molar refractivity (Wildman–Crippen MR) is 105 cm³/mol. The summed E-state index contributed by atoms with van der Waals surface area (Å²) in [6, 6.07) is 6.29. The molecule has 3 rings (SSSR count). The molecule has 0 aliphatic heterocycles. The van der Waals surface area contributed by atoms with Gasteiger partial charge in [-0.2, -0.15) is 0 Å². The van der Waals surface area contributed by atoms with E-state index in [1.54, 1.807) is 0 Å². The molecule has 144 valence electrons. The lowest BCUT2D eigenvalue weighted by Gasteiger charge is -2.28. The lowest BCUT2D eigenvalue weighted by Crippen LogP contribution is -2.46. The van der Waals surface area contributed by atoms with Crippen molar-refractivity contribution in [3.63, 3.8) is 0 Å². The summed E-state index contributed by atoms with van der Waals surface area (Å²) in [5.41, 5.74) is 2.38. The van der Waals surface area contributed by atoms with Crippen molar-refractivity contribution >= 4 is 6.03 Å². The van der Waals surface area contributed by atoms with Crippen LogP contribution in [-0.4, -0.2) is 18.8 Å². The molecule has 2 aliphatic rings. The van der Waals surface area contributed by atoms with Gasteiger partial charge in [-0.15, -0.1) is 0 Å². The molecule has 4 unspecified atom stereocenters. The quantitative estimate of drug-likeness (QED) is 0.746. The number of benzene rings is 1. The van der Waals surface area contributed by atoms with E-state index < -0.39 is 0 Å². The first-order valence-corrected chi connectivity index (χ1v) is 10.0. The molecule has 2 fully saturated rings. The van der Waals surface area contributed by atoms with E-state index in [0.29, 0.717) is 5.92 Å². The summed E-state index contributed by atoms with van der Waals surface area (Å²) < 4.78 is 5.87. The third-order valence-electron chi connectivity index (χ3n) is 6.20. The molecule has 2 bridgehead atoms. The maximum absolute atomic E-state index is 12.2. The van der Waals surface area contributed by atoms with E-state index in [2.05, 4.69) is 51.3 Å². The fourth-order valence-electron chi connectivity index (χ4n) is 4.81. The third kappa shape index (κ3) is 4.33. The topological polar surface area (TPSA) is 50.4 Å². The second kappa shape index (κ2) is 7.50. The van der Waals surface area contributed by atoms with Crippen LogP contribution < -0.4 is 15.4 Å². The van der Waals surface area contributed by atoms with Crippen molar-refractivity contribution in [1.29, 1.82) is 0 Å². The van der Waals surface area contributed by atoms with Gasteiger partial charge in [0.2, 0.25) is 0 Å². The fraction of sp³-hybridized carbons (Fsp3) is 0.682. The highest BCUT2D eigenvalue weighted by Crippen LogP contribution is 2.49. The van der Waals surface area contributed by atoms with Crippen LogP contribution in [0, 0.1) is 24.7 Å². The van der Waals surface area contributed by atoms with Gasteiger partial charge in [-0.05, 0) is 67.9 Å². The van der Waals surface area contributed by atoms with E-state index in [1.165, 1.54) is 31.2 Å². The predicted octanol–water partition coefficient (Wildman–Crippen LogP) is 4.75. The van der Waals surface area contributed by atoms with E-state index >= 15 is 0 Å². The smallest absolute Gasteiger partial charge is 0.317 e. The summed E-state index contributed by atoms with van der Waals surface area (Å²) in [6.45, 7) is 10.9. The van der Waals surface area contributed by atoms with Crippen molar-refractivity contribution in [2.75, 3.05) is 6.73 Å². The number of amides is 2. The Balaban J connectivity index is 1.48. The largest absolute Gasteiger partial charge is 0.473 e. The number of urea groups is 1. The van der Waals surface area contributed by atoms with Gasteiger partial charge in [-0.3, -0.25) is 0 Å². The molecule has 1 aromatic carbocycles. The first kappa shape index (κ1) is 19.1. The van der Waals surface area contributed by atoms with Crippen molar-refractivity contribution < 1.29 is 9.53 Å². The first-order chi connectivity index (χ1) is 12.2. The summed E-state index contributed by atoms with van der Waals surface area (Å²) in [6.07, 6.45) is 5.38. The Morgan fingerprint density at radius 2 is 2.04 bits per heavy atom. The lowest BCUT2D eigenvalue weighted by molar-refractivity contribution is 0.207. The second-order valence-electron chi connectivity index (χ2n) is 9.32. The first-order valence-electron chi connectivity index (χ1n) is 10.0. The van der Waals surface area contributed by atoms with Crippen LogP contribution in [0.3, 0.4) is 0 Å². The van der Waals surface area contributed by atoms with Gasteiger partial charge in [0.25, 0.3) is 0 Å². The molecule has 0 aromatic heterocycles. The molecule has 4 atom stereocenters. The molecule has 0 spiro atoms. The fourth-order valence-corrected chi connectivity index (χ4v) is 4.81. The average molecular weight is 359 g/mol. The van der Waals surface area contributed by atoms with Gasteiger partial charge in [0.15, 0.2) is 6.73 Å². The number of hydrogen-bond acceptors (Lipinski definition) is 2. The summed E-state index contributed by atoms with van der Waals surface area (Å²) in [7, 11) is 0. The molecular formula is C22H34N2O2. The Bertz CT molecular complexity index is 650. The van der Waals surface area contributed by atoms with E-state index in [-0.39, 0.29) is 24.2 Å². The molecule has 1 aromatic rings. The molecule has 4 nitrogen and oxygen atoms in total. The summed E-state index contributed by atoms with van der Waals surface area (Å²) >= 11 is 0. The number of ether oxygens (including phenoxy) is 1. The lowest BCUT2D eigenvalue weighted by atomic mass is 9.84. The normalized spacial score (nSPS) is 25.8. The van der Waals surface area contributed by atoms with Crippen LogP contribution in [0.4, 0.5) is 4.79 Å². The molecule has 0 saturated heterocycles. The van der Waals surface area contributed by atoms with Gasteiger partial charge in [-0.1, -0.05) is 44.9 Å². The van der Waals surface area contributed by atoms with Crippen LogP contribution in [0.15, 0.2) is 18.2 Å². The van der Waals surface area contributed by atoms with Crippen molar-refractivity contribution in [3.05, 3.63) is 29.3 Å². The number of fused-ring (bicyclic) bond motifs is 2. The zero-order chi connectivity index (χ0) is 18.9. The highest BCUT2D eigenvalue weighted by atomic mass is 16.5. The number of hydrogen-bond donors (Lipinski definition) is 2. The van der Waals surface area contributed by atoms with Crippen LogP contribution in [0.5, 0.6) is 5.75 Å². The SMILES string of the molecule is Cc1ccc(OCNC(=O)NC(C)C2CC3CCC2C3)c(C(C)(C)C)c1. The van der Waals surface area contributed by atoms with Gasteiger partial charge >= 0.3 is 6.03 Å². The van der Waals surface area contributed by atoms with E-state index in [4.69, 9.17) is 4.74 Å². The Morgan fingerprint density at radius 3 is 2.65 bits per heavy atom. The van der Waals surface area contributed by atoms with E-state index in [1.807, 2.05) is 12.1 Å². The van der Waals surface area contributed by atoms with Crippen LogP contribution in [0.1, 0.15) is 64.5 Å². The van der Waals surface area contributed by atoms with Gasteiger partial charge in [-0.25, -0.2) is 4.79 Å². The molecule has 2 aliphatic carbocycles. The standard InChI is InChI=1S/C22H34N2O2/c1-14-6-9-20(19(10-14)22(3,4)5)26-13-23-21(25)24-15(2)18-12-16-7-8-17(18)11-16/h6,9-10,15-18H,7-8,11-13H2,1-5H3,(H2,23,24,25). The van der Waals surface area contributed by atoms with Crippen LogP contribution in [-0.2, 0) is 5.41 Å². The van der Waals surface area contributed by atoms with Gasteiger partial charge < -0.3 is 15.4 Å². The number of aryl methyl sites for hydroxylation is 1. The number of carbonyl (C=O) groups is 1. The maximum atomic E-state index is 12.2. The van der Waals surface area contributed by atoms with E-state index in [0.717, 1.165) is 23.1 Å². The molecule has 2 saturated carbocycles. The minimum absolute atomic E-state index is 0.0000858. The van der Waals surface area contributed by atoms with Gasteiger partial charge in [0.05, 0.1) is 0 Å². The van der Waals surface area contributed by atoms with Crippen molar-refractivity contribution in [1.82, 2.24) is 10.6 Å². The minimum Gasteiger partial charge on any atom is -0.473 e. The molecular weight excluding hydrogens is 324 g/mol. The summed E-state index contributed by atoms with van der Waals surface area (Å²) in [5.74, 6) is 3.20. The van der Waals surface area contributed by atoms with Crippen molar-refractivity contribution in [3.8, 4) is 5.75 Å². The zero-order valence-electron chi connectivity index (χ0n) is 16.9. The molecule has 0 heterocycles. The molecule has 0 radical (unpaired) electrons. The van der Waals surface area contributed by atoms with Crippen LogP contribution in [0.25, 0.3) is 0 Å². The summed E-state index contributed by atoms with van der Waals surface area (Å²) in [5, 5.41) is 5.97. The van der Waals surface area contributed by atoms with Gasteiger partial charge in [0, 0.05) is 6.04 Å². The highest BCUT2D eigenvalue weighted by molar-refractivity contribution is 5.74. The average Bonchev–Trinajstić information content (AvgIpc) is 3.18. The minimum atomic E-state index is -0.135. The molecule has 2 amide bonds. The van der Waals surface area contributed by atoms with Gasteiger partial charge in [0.1, 0.15) is 5.75 Å². The second-order valence-corrected chi connectivity index (χ2v) is 9.32. The monoisotopic (exact) mass is 358 g/mol. The Kier molecular flexibility index (Phi) is 5.50. The van der Waals surface area contributed by atoms with E-state index in [9.17, 15) is 4.79 Å². The van der Waals surface area contributed by atoms with Crippen molar-refractivity contribution in [2.24, 2.45) is 17.8 Å². The molecule has 4 heteroatoms. The molecule has 2 N–H and O–H groups in total. The Hall–Kier alpha value is -1.71. The molecule has 26 heavy (non-hydrogen) atoms. The Labute approximate surface area is 158 Å². The zero-order valence-corrected chi connectivity index (χ0v) is 16.9. The number of carbonyl (C=O) groups excluding carboxylic acids is 1. The van der Waals surface area contributed by atoms with Crippen LogP contribution >= 0.6 is 0 Å². The highest BCUT2D eigenvalue weighted by Gasteiger charge is 2.42. The van der Waals surface area contributed by atoms with Crippen LogP contribution in [0.2, 0.25) is 0 Å². The number of nitrogens with one attached hydrogen (secondary N) is 2. The third-order valence-corrected chi connectivity index (χ3v) is 6.20. The Morgan fingerprint density at radius 1 is 1.27 bits per heavy atom.